The Morgan fingerprint density at radius 2 is 2.29 bits per heavy atom. The molecule has 1 aliphatic carbocycles. The summed E-state index contributed by atoms with van der Waals surface area (Å²) in [5, 5.41) is 10.8. The summed E-state index contributed by atoms with van der Waals surface area (Å²) in [5.74, 6) is -0.281. The first-order valence-corrected chi connectivity index (χ1v) is 5.17. The lowest BCUT2D eigenvalue weighted by Crippen LogP contribution is -2.29. The Hall–Kier alpha value is -2.18. The second-order valence-electron chi connectivity index (χ2n) is 4.03. The molecule has 1 aromatic heterocycles. The molecule has 0 atom stereocenters. The van der Waals surface area contributed by atoms with Crippen LogP contribution in [0.3, 0.4) is 0 Å². The number of nitrogens with two attached hydrogens (primary N) is 1. The quantitative estimate of drug-likeness (QED) is 0.617. The van der Waals surface area contributed by atoms with Crippen LogP contribution >= 0.6 is 0 Å². The summed E-state index contributed by atoms with van der Waals surface area (Å²) in [7, 11) is 1.64. The highest BCUT2D eigenvalue weighted by Gasteiger charge is 2.33. The van der Waals surface area contributed by atoms with Gasteiger partial charge in [0.25, 0.3) is 11.6 Å². The van der Waals surface area contributed by atoms with Crippen LogP contribution in [0.4, 0.5) is 11.5 Å². The van der Waals surface area contributed by atoms with Gasteiger partial charge in [-0.25, -0.2) is 4.98 Å². The minimum Gasteiger partial charge on any atom is -0.384 e. The molecule has 2 rings (SSSR count). The van der Waals surface area contributed by atoms with Crippen LogP contribution < -0.4 is 5.73 Å². The van der Waals surface area contributed by atoms with Gasteiger partial charge in [0.05, 0.1) is 4.92 Å². The monoisotopic (exact) mass is 236 g/mol. The minimum absolute atomic E-state index is 0.00287. The first kappa shape index (κ1) is 11.3. The lowest BCUT2D eigenvalue weighted by Gasteiger charge is -2.16. The summed E-state index contributed by atoms with van der Waals surface area (Å²) < 4.78 is 0. The summed E-state index contributed by atoms with van der Waals surface area (Å²) in [6.07, 6.45) is 2.90. The van der Waals surface area contributed by atoms with E-state index in [0.29, 0.717) is 0 Å². The summed E-state index contributed by atoms with van der Waals surface area (Å²) in [4.78, 5) is 27.4. The van der Waals surface area contributed by atoms with E-state index in [1.807, 2.05) is 0 Å². The fourth-order valence-corrected chi connectivity index (χ4v) is 1.60. The number of pyridine rings is 1. The highest BCUT2D eigenvalue weighted by Crippen LogP contribution is 2.29. The number of hydrogen-bond donors (Lipinski definition) is 1. The average Bonchev–Trinajstić information content (AvgIpc) is 3.10. The number of aromatic nitrogens is 1. The lowest BCUT2D eigenvalue weighted by atomic mass is 10.2. The van der Waals surface area contributed by atoms with Gasteiger partial charge in [0.15, 0.2) is 0 Å². The van der Waals surface area contributed by atoms with E-state index in [0.717, 1.165) is 19.0 Å². The summed E-state index contributed by atoms with van der Waals surface area (Å²) in [6.45, 7) is 0. The Kier molecular flexibility index (Phi) is 2.66. The maximum absolute atomic E-state index is 12.0. The van der Waals surface area contributed by atoms with Crippen LogP contribution in [-0.4, -0.2) is 33.8 Å². The van der Waals surface area contributed by atoms with Crippen LogP contribution in [-0.2, 0) is 0 Å². The van der Waals surface area contributed by atoms with Crippen molar-refractivity contribution in [1.82, 2.24) is 9.88 Å². The Labute approximate surface area is 97.4 Å². The minimum atomic E-state index is -0.625. The molecule has 1 aliphatic rings. The summed E-state index contributed by atoms with van der Waals surface area (Å²) in [6, 6.07) is 1.44. The molecule has 0 saturated heterocycles. The first-order chi connectivity index (χ1) is 8.00. The molecule has 1 saturated carbocycles. The van der Waals surface area contributed by atoms with Gasteiger partial charge in [-0.15, -0.1) is 0 Å². The van der Waals surface area contributed by atoms with Crippen molar-refractivity contribution in [3.05, 3.63) is 27.9 Å². The lowest BCUT2D eigenvalue weighted by molar-refractivity contribution is -0.385. The Morgan fingerprint density at radius 3 is 2.82 bits per heavy atom. The topological polar surface area (TPSA) is 102 Å². The van der Waals surface area contributed by atoms with E-state index < -0.39 is 4.92 Å². The number of amides is 1. The smallest absolute Gasteiger partial charge is 0.300 e. The van der Waals surface area contributed by atoms with Crippen molar-refractivity contribution < 1.29 is 9.72 Å². The van der Waals surface area contributed by atoms with Crippen molar-refractivity contribution in [2.75, 3.05) is 12.8 Å². The predicted molar refractivity (Wildman–Crippen MR) is 60.4 cm³/mol. The highest BCUT2D eigenvalue weighted by atomic mass is 16.6. The van der Waals surface area contributed by atoms with E-state index in [2.05, 4.69) is 4.98 Å². The van der Waals surface area contributed by atoms with Gasteiger partial charge in [0, 0.05) is 13.1 Å². The van der Waals surface area contributed by atoms with Gasteiger partial charge in [-0.3, -0.25) is 14.9 Å². The van der Waals surface area contributed by atoms with E-state index in [1.165, 1.54) is 11.0 Å². The summed E-state index contributed by atoms with van der Waals surface area (Å²) >= 11 is 0. The molecule has 0 aliphatic heterocycles. The molecule has 1 heterocycles. The summed E-state index contributed by atoms with van der Waals surface area (Å²) in [5.41, 5.74) is 5.14. The van der Waals surface area contributed by atoms with Gasteiger partial charge < -0.3 is 10.6 Å². The molecule has 17 heavy (non-hydrogen) atoms. The zero-order valence-electron chi connectivity index (χ0n) is 9.29. The van der Waals surface area contributed by atoms with Crippen LogP contribution in [0.5, 0.6) is 0 Å². The first-order valence-electron chi connectivity index (χ1n) is 5.17. The molecular formula is C10H12N4O3. The largest absolute Gasteiger partial charge is 0.384 e. The molecule has 1 amide bonds. The second-order valence-corrected chi connectivity index (χ2v) is 4.03. The number of nitrogen functional groups attached to an aromatic ring is 1. The van der Waals surface area contributed by atoms with Gasteiger partial charge in [0.2, 0.25) is 0 Å². The number of nitro groups is 1. The van der Waals surface area contributed by atoms with Crippen LogP contribution in [0.25, 0.3) is 0 Å². The number of anilines is 1. The highest BCUT2D eigenvalue weighted by molar-refractivity contribution is 5.98. The van der Waals surface area contributed by atoms with Crippen LogP contribution in [0.15, 0.2) is 12.3 Å². The van der Waals surface area contributed by atoms with Gasteiger partial charge in [-0.05, 0) is 18.9 Å². The molecule has 1 aromatic rings. The Bertz CT molecular complexity index is 484. The van der Waals surface area contributed by atoms with Crippen LogP contribution in [0, 0.1) is 10.1 Å². The number of carbonyl (C=O) groups is 1. The van der Waals surface area contributed by atoms with E-state index in [1.54, 1.807) is 7.05 Å². The molecule has 0 radical (unpaired) electrons. The third kappa shape index (κ3) is 2.17. The van der Waals surface area contributed by atoms with E-state index in [9.17, 15) is 14.9 Å². The zero-order chi connectivity index (χ0) is 12.6. The maximum Gasteiger partial charge on any atom is 0.300 e. The van der Waals surface area contributed by atoms with Crippen molar-refractivity contribution in [1.29, 1.82) is 0 Å². The zero-order valence-corrected chi connectivity index (χ0v) is 9.29. The number of carbonyl (C=O) groups excluding carboxylic acids is 1. The Balaban J connectivity index is 2.38. The number of hydrogen-bond acceptors (Lipinski definition) is 5. The fraction of sp³-hybridized carbons (Fsp3) is 0.400. The SMILES string of the molecule is CN(C(=O)c1cc(N)ncc1[N+](=O)[O-])C1CC1. The Morgan fingerprint density at radius 1 is 1.65 bits per heavy atom. The molecule has 0 unspecified atom stereocenters. The van der Waals surface area contributed by atoms with E-state index in [4.69, 9.17) is 5.73 Å². The van der Waals surface area contributed by atoms with E-state index in [-0.39, 0.29) is 29.0 Å². The molecule has 90 valence electrons. The third-order valence-electron chi connectivity index (χ3n) is 2.75. The molecule has 0 bridgehead atoms. The van der Waals surface area contributed by atoms with Crippen LogP contribution in [0.2, 0.25) is 0 Å². The molecule has 1 fully saturated rings. The molecule has 2 N–H and O–H groups in total. The van der Waals surface area contributed by atoms with Crippen molar-refractivity contribution in [2.24, 2.45) is 0 Å². The standard InChI is InChI=1S/C10H12N4O3/c1-13(6-2-3-6)10(15)7-4-9(11)12-5-8(7)14(16)17/h4-6H,2-3H2,1H3,(H2,11,12). The number of rotatable bonds is 3. The van der Waals surface area contributed by atoms with Crippen molar-refractivity contribution in [2.45, 2.75) is 18.9 Å². The van der Waals surface area contributed by atoms with E-state index >= 15 is 0 Å². The molecule has 7 heteroatoms. The van der Waals surface area contributed by atoms with Crippen LogP contribution in [0.1, 0.15) is 23.2 Å². The van der Waals surface area contributed by atoms with Crippen molar-refractivity contribution in [3.8, 4) is 0 Å². The molecule has 7 nitrogen and oxygen atoms in total. The maximum atomic E-state index is 12.0. The van der Waals surface area contributed by atoms with Crippen molar-refractivity contribution >= 4 is 17.4 Å². The second kappa shape index (κ2) is 4.00. The average molecular weight is 236 g/mol. The van der Waals surface area contributed by atoms with Crippen molar-refractivity contribution in [3.63, 3.8) is 0 Å². The number of nitrogens with zero attached hydrogens (tertiary/aromatic N) is 3. The van der Waals surface area contributed by atoms with Gasteiger partial charge in [-0.1, -0.05) is 0 Å². The van der Waals surface area contributed by atoms with Gasteiger partial charge in [0.1, 0.15) is 17.6 Å². The third-order valence-corrected chi connectivity index (χ3v) is 2.75. The normalized spacial score (nSPS) is 14.4. The molecular weight excluding hydrogens is 224 g/mol. The molecule has 0 aromatic carbocycles. The van der Waals surface area contributed by atoms with Gasteiger partial charge in [-0.2, -0.15) is 0 Å². The predicted octanol–water partition coefficient (Wildman–Crippen LogP) is 0.806. The fourth-order valence-electron chi connectivity index (χ4n) is 1.60. The molecule has 0 spiro atoms. The van der Waals surface area contributed by atoms with Gasteiger partial charge >= 0.3 is 0 Å².